The van der Waals surface area contributed by atoms with Crippen molar-refractivity contribution in [2.45, 2.75) is 45.4 Å². The van der Waals surface area contributed by atoms with Gasteiger partial charge in [-0.15, -0.1) is 0 Å². The molecule has 0 bridgehead atoms. The van der Waals surface area contributed by atoms with E-state index in [1.54, 1.807) is 0 Å². The smallest absolute Gasteiger partial charge is 0.0714 e. The molecule has 54 heavy (non-hydrogen) atoms. The Morgan fingerprint density at radius 2 is 0.926 bits per heavy atom. The van der Waals surface area contributed by atoms with E-state index < -0.39 is 5.41 Å². The summed E-state index contributed by atoms with van der Waals surface area (Å²) in [6.45, 7) is 11.5. The molecule has 260 valence electrons. The van der Waals surface area contributed by atoms with Crippen molar-refractivity contribution in [3.05, 3.63) is 220 Å². The fraction of sp³-hybridized carbons (Fsp3) is 0.132. The maximum absolute atomic E-state index is 2.53. The predicted molar refractivity (Wildman–Crippen MR) is 228 cm³/mol. The first-order chi connectivity index (χ1) is 26.3. The molecular formula is C53H43N. The van der Waals surface area contributed by atoms with E-state index in [0.29, 0.717) is 0 Å². The minimum absolute atomic E-state index is 0.0991. The van der Waals surface area contributed by atoms with E-state index in [0.717, 1.165) is 5.69 Å². The third-order valence-corrected chi connectivity index (χ3v) is 12.3. The summed E-state index contributed by atoms with van der Waals surface area (Å²) in [5.41, 5.74) is 20.0. The molecule has 0 N–H and O–H groups in total. The number of fused-ring (bicyclic) bond motifs is 7. The number of nitrogens with zero attached hydrogens (tertiary/aromatic N) is 1. The average molecular weight is 694 g/mol. The Labute approximate surface area is 319 Å². The first-order valence-corrected chi connectivity index (χ1v) is 19.2. The van der Waals surface area contributed by atoms with E-state index in [2.05, 4.69) is 209 Å². The predicted octanol–water partition coefficient (Wildman–Crippen LogP) is 13.9. The normalized spacial score (nSPS) is 14.3. The quantitative estimate of drug-likeness (QED) is 0.173. The van der Waals surface area contributed by atoms with Crippen LogP contribution >= 0.6 is 0 Å². The zero-order chi connectivity index (χ0) is 36.8. The summed E-state index contributed by atoms with van der Waals surface area (Å²) in [6.07, 6.45) is 0. The Bertz CT molecular complexity index is 2710. The van der Waals surface area contributed by atoms with E-state index in [1.807, 2.05) is 0 Å². The van der Waals surface area contributed by atoms with E-state index in [1.165, 1.54) is 94.5 Å². The van der Waals surface area contributed by atoms with E-state index in [-0.39, 0.29) is 5.41 Å². The van der Waals surface area contributed by atoms with Gasteiger partial charge in [0.15, 0.2) is 0 Å². The van der Waals surface area contributed by atoms with Gasteiger partial charge >= 0.3 is 0 Å². The SMILES string of the molecule is Cc1cc(C)c(N(c2ccc3c(c2)-c2cc4ccccc4cc2C3(C)C)c2ccc3c(c2)C(c2ccccc2)(c2ccccc2)c2ccccc2-3)c(C)c1. The molecule has 0 unspecified atom stereocenters. The van der Waals surface area contributed by atoms with Gasteiger partial charge in [-0.3, -0.25) is 0 Å². The van der Waals surface area contributed by atoms with Crippen LogP contribution in [-0.4, -0.2) is 0 Å². The van der Waals surface area contributed by atoms with Crippen molar-refractivity contribution in [3.8, 4) is 22.3 Å². The van der Waals surface area contributed by atoms with Crippen LogP contribution in [-0.2, 0) is 10.8 Å². The number of aryl methyl sites for hydroxylation is 3. The van der Waals surface area contributed by atoms with Crippen molar-refractivity contribution in [1.29, 1.82) is 0 Å². The maximum Gasteiger partial charge on any atom is 0.0714 e. The molecule has 0 saturated carbocycles. The Balaban J connectivity index is 1.25. The lowest BCUT2D eigenvalue weighted by atomic mass is 9.67. The molecular weight excluding hydrogens is 651 g/mol. The van der Waals surface area contributed by atoms with Crippen molar-refractivity contribution in [1.82, 2.24) is 0 Å². The molecule has 0 saturated heterocycles. The van der Waals surface area contributed by atoms with Crippen LogP contribution in [0.4, 0.5) is 17.1 Å². The minimum atomic E-state index is -0.477. The van der Waals surface area contributed by atoms with E-state index in [9.17, 15) is 0 Å². The van der Waals surface area contributed by atoms with E-state index >= 15 is 0 Å². The summed E-state index contributed by atoms with van der Waals surface area (Å²) >= 11 is 0. The minimum Gasteiger partial charge on any atom is -0.310 e. The highest BCUT2D eigenvalue weighted by molar-refractivity contribution is 5.96. The summed E-state index contributed by atoms with van der Waals surface area (Å²) in [7, 11) is 0. The standard InChI is InChI=1S/C53H43N/c1-34-28-35(2)51(36(3)29-34)54(41-25-27-47-46(32-41)45-30-37-16-12-13-17-38(37)31-49(45)52(47,4)5)42-24-26-44-43-22-14-15-23-48(43)53(50(44)33-42,39-18-8-6-9-19-39)40-20-10-7-11-21-40/h6-33H,1-5H3. The Morgan fingerprint density at radius 3 is 1.61 bits per heavy atom. The lowest BCUT2D eigenvalue weighted by Gasteiger charge is -2.35. The van der Waals surface area contributed by atoms with Crippen LogP contribution < -0.4 is 4.90 Å². The summed E-state index contributed by atoms with van der Waals surface area (Å²) in [5.74, 6) is 0. The Morgan fingerprint density at radius 1 is 0.389 bits per heavy atom. The van der Waals surface area contributed by atoms with Gasteiger partial charge in [-0.1, -0.05) is 153 Å². The first kappa shape index (κ1) is 32.5. The van der Waals surface area contributed by atoms with Gasteiger partial charge in [-0.25, -0.2) is 0 Å². The van der Waals surface area contributed by atoms with Gasteiger partial charge in [0.1, 0.15) is 0 Å². The van der Waals surface area contributed by atoms with Crippen LogP contribution in [0.3, 0.4) is 0 Å². The summed E-state index contributed by atoms with van der Waals surface area (Å²) in [5, 5.41) is 2.58. The highest BCUT2D eigenvalue weighted by atomic mass is 15.1. The lowest BCUT2D eigenvalue weighted by Crippen LogP contribution is -2.28. The van der Waals surface area contributed by atoms with Crippen LogP contribution in [0.25, 0.3) is 33.0 Å². The fourth-order valence-corrected chi connectivity index (χ4v) is 10.1. The Kier molecular flexibility index (Phi) is 7.17. The van der Waals surface area contributed by atoms with Crippen molar-refractivity contribution in [2.75, 3.05) is 4.90 Å². The van der Waals surface area contributed by atoms with Crippen molar-refractivity contribution < 1.29 is 0 Å². The van der Waals surface area contributed by atoms with Gasteiger partial charge in [-0.2, -0.15) is 0 Å². The monoisotopic (exact) mass is 693 g/mol. The van der Waals surface area contributed by atoms with Gasteiger partial charge in [0.25, 0.3) is 0 Å². The second-order valence-corrected chi connectivity index (χ2v) is 15.9. The molecule has 0 aliphatic heterocycles. The highest BCUT2D eigenvalue weighted by Gasteiger charge is 2.46. The molecule has 2 aliphatic rings. The molecule has 10 rings (SSSR count). The van der Waals surface area contributed by atoms with Crippen LogP contribution in [0.2, 0.25) is 0 Å². The highest BCUT2D eigenvalue weighted by Crippen LogP contribution is 2.58. The molecule has 2 aliphatic carbocycles. The van der Waals surface area contributed by atoms with Crippen molar-refractivity contribution >= 4 is 27.8 Å². The summed E-state index contributed by atoms with van der Waals surface area (Å²) in [4.78, 5) is 2.53. The number of hydrogen-bond acceptors (Lipinski definition) is 1. The van der Waals surface area contributed by atoms with Crippen molar-refractivity contribution in [2.24, 2.45) is 0 Å². The zero-order valence-electron chi connectivity index (χ0n) is 31.6. The molecule has 0 fully saturated rings. The van der Waals surface area contributed by atoms with Crippen LogP contribution in [0.15, 0.2) is 170 Å². The molecule has 0 spiro atoms. The average Bonchev–Trinajstić information content (AvgIpc) is 3.60. The van der Waals surface area contributed by atoms with Gasteiger partial charge in [0, 0.05) is 16.8 Å². The third kappa shape index (κ3) is 4.58. The summed E-state index contributed by atoms with van der Waals surface area (Å²) < 4.78 is 0. The molecule has 8 aromatic carbocycles. The first-order valence-electron chi connectivity index (χ1n) is 19.2. The van der Waals surface area contributed by atoms with Gasteiger partial charge in [0.05, 0.1) is 11.1 Å². The molecule has 0 amide bonds. The maximum atomic E-state index is 2.53. The fourth-order valence-electron chi connectivity index (χ4n) is 10.1. The topological polar surface area (TPSA) is 3.24 Å². The van der Waals surface area contributed by atoms with Crippen molar-refractivity contribution in [3.63, 3.8) is 0 Å². The molecule has 0 atom stereocenters. The zero-order valence-corrected chi connectivity index (χ0v) is 31.6. The number of benzene rings is 8. The second kappa shape index (κ2) is 11.9. The van der Waals surface area contributed by atoms with Crippen LogP contribution in [0, 0.1) is 20.8 Å². The lowest BCUT2D eigenvalue weighted by molar-refractivity contribution is 0.661. The molecule has 1 heteroatoms. The molecule has 8 aromatic rings. The van der Waals surface area contributed by atoms with Crippen LogP contribution in [0.5, 0.6) is 0 Å². The van der Waals surface area contributed by atoms with Gasteiger partial charge in [0.2, 0.25) is 0 Å². The number of rotatable bonds is 5. The van der Waals surface area contributed by atoms with E-state index in [4.69, 9.17) is 0 Å². The largest absolute Gasteiger partial charge is 0.310 e. The summed E-state index contributed by atoms with van der Waals surface area (Å²) in [6, 6.07) is 63.9. The third-order valence-electron chi connectivity index (χ3n) is 12.3. The number of hydrogen-bond donors (Lipinski definition) is 0. The Hall–Kier alpha value is -6.18. The van der Waals surface area contributed by atoms with Crippen LogP contribution in [0.1, 0.15) is 63.9 Å². The van der Waals surface area contributed by atoms with Gasteiger partial charge in [-0.05, 0) is 135 Å². The van der Waals surface area contributed by atoms with Gasteiger partial charge < -0.3 is 4.90 Å². The molecule has 0 heterocycles. The molecule has 0 radical (unpaired) electrons. The molecule has 0 aromatic heterocycles. The number of anilines is 3. The second-order valence-electron chi connectivity index (χ2n) is 15.9. The molecule has 1 nitrogen and oxygen atoms in total.